The molecule has 1 aliphatic rings. The van der Waals surface area contributed by atoms with Crippen molar-refractivity contribution in [3.8, 4) is 12.3 Å². The van der Waals surface area contributed by atoms with Crippen molar-refractivity contribution in [2.75, 3.05) is 13.2 Å². The first-order valence-corrected chi connectivity index (χ1v) is 4.61. The van der Waals surface area contributed by atoms with Gasteiger partial charge in [-0.05, 0) is 25.2 Å². The summed E-state index contributed by atoms with van der Waals surface area (Å²) in [4.78, 5) is 0. The number of nitrogens with two attached hydrogens (primary N) is 1. The molecule has 0 saturated carbocycles. The van der Waals surface area contributed by atoms with Crippen LogP contribution in [0.15, 0.2) is 0 Å². The molecule has 68 valence electrons. The van der Waals surface area contributed by atoms with Crippen LogP contribution >= 0.6 is 0 Å². The normalized spacial score (nSPS) is 26.2. The van der Waals surface area contributed by atoms with Gasteiger partial charge in [0, 0.05) is 19.1 Å². The lowest BCUT2D eigenvalue weighted by Crippen LogP contribution is -2.35. The smallest absolute Gasteiger partial charge is 0.0509 e. The Morgan fingerprint density at radius 3 is 3.08 bits per heavy atom. The van der Waals surface area contributed by atoms with Crippen molar-refractivity contribution >= 4 is 0 Å². The average Bonchev–Trinajstić information content (AvgIpc) is 2.15. The van der Waals surface area contributed by atoms with Gasteiger partial charge in [0.25, 0.3) is 0 Å². The number of hydrogen-bond donors (Lipinski definition) is 1. The minimum absolute atomic E-state index is 0.237. The Hall–Kier alpha value is -0.520. The molecule has 1 heterocycles. The Kier molecular flexibility index (Phi) is 4.13. The van der Waals surface area contributed by atoms with Crippen molar-refractivity contribution in [1.82, 2.24) is 0 Å². The highest BCUT2D eigenvalue weighted by molar-refractivity contribution is 4.87. The van der Waals surface area contributed by atoms with E-state index in [1.54, 1.807) is 0 Å². The summed E-state index contributed by atoms with van der Waals surface area (Å²) in [6, 6.07) is 0.237. The Bertz CT molecular complexity index is 156. The molecule has 2 unspecified atom stereocenters. The summed E-state index contributed by atoms with van der Waals surface area (Å²) >= 11 is 0. The molecule has 2 nitrogen and oxygen atoms in total. The summed E-state index contributed by atoms with van der Waals surface area (Å²) in [5.41, 5.74) is 5.96. The molecule has 0 aromatic carbocycles. The van der Waals surface area contributed by atoms with Crippen LogP contribution in [0.5, 0.6) is 0 Å². The molecule has 0 aromatic heterocycles. The minimum Gasteiger partial charge on any atom is -0.381 e. The lowest BCUT2D eigenvalue weighted by molar-refractivity contribution is 0.0440. The summed E-state index contributed by atoms with van der Waals surface area (Å²) in [7, 11) is 0. The predicted molar refractivity (Wildman–Crippen MR) is 49.6 cm³/mol. The molecular formula is C10H17NO. The van der Waals surface area contributed by atoms with Crippen LogP contribution in [0.25, 0.3) is 0 Å². The summed E-state index contributed by atoms with van der Waals surface area (Å²) in [6.07, 6.45) is 9.24. The van der Waals surface area contributed by atoms with E-state index < -0.39 is 0 Å². The SMILES string of the molecule is C#CCCC(N)C1CCCOC1. The number of hydrogen-bond acceptors (Lipinski definition) is 2. The summed E-state index contributed by atoms with van der Waals surface area (Å²) in [5.74, 6) is 3.15. The average molecular weight is 167 g/mol. The number of ether oxygens (including phenoxy) is 1. The van der Waals surface area contributed by atoms with Gasteiger partial charge in [-0.25, -0.2) is 0 Å². The van der Waals surface area contributed by atoms with Crippen molar-refractivity contribution in [3.05, 3.63) is 0 Å². The maximum Gasteiger partial charge on any atom is 0.0509 e. The Morgan fingerprint density at radius 1 is 1.67 bits per heavy atom. The van der Waals surface area contributed by atoms with Gasteiger partial charge in [-0.3, -0.25) is 0 Å². The van der Waals surface area contributed by atoms with Crippen LogP contribution in [0.2, 0.25) is 0 Å². The lowest BCUT2D eigenvalue weighted by atomic mass is 9.91. The van der Waals surface area contributed by atoms with Gasteiger partial charge in [0.1, 0.15) is 0 Å². The van der Waals surface area contributed by atoms with Gasteiger partial charge in [0.05, 0.1) is 6.61 Å². The molecule has 1 fully saturated rings. The zero-order chi connectivity index (χ0) is 8.81. The second-order valence-corrected chi connectivity index (χ2v) is 3.38. The van der Waals surface area contributed by atoms with Crippen molar-refractivity contribution in [3.63, 3.8) is 0 Å². The lowest BCUT2D eigenvalue weighted by Gasteiger charge is -2.27. The third kappa shape index (κ3) is 2.84. The van der Waals surface area contributed by atoms with Gasteiger partial charge in [0.2, 0.25) is 0 Å². The Balaban J connectivity index is 2.21. The Morgan fingerprint density at radius 2 is 2.50 bits per heavy atom. The highest BCUT2D eigenvalue weighted by atomic mass is 16.5. The van der Waals surface area contributed by atoms with E-state index in [-0.39, 0.29) is 6.04 Å². The van der Waals surface area contributed by atoms with E-state index in [9.17, 15) is 0 Å². The fourth-order valence-electron chi connectivity index (χ4n) is 1.59. The van der Waals surface area contributed by atoms with E-state index in [1.807, 2.05) is 0 Å². The van der Waals surface area contributed by atoms with Crippen molar-refractivity contribution < 1.29 is 4.74 Å². The maximum absolute atomic E-state index is 5.96. The molecule has 0 spiro atoms. The topological polar surface area (TPSA) is 35.2 Å². The van der Waals surface area contributed by atoms with Crippen LogP contribution in [0.4, 0.5) is 0 Å². The summed E-state index contributed by atoms with van der Waals surface area (Å²) < 4.78 is 5.35. The van der Waals surface area contributed by atoms with E-state index in [1.165, 1.54) is 6.42 Å². The molecule has 0 radical (unpaired) electrons. The molecule has 2 N–H and O–H groups in total. The molecule has 0 aliphatic carbocycles. The quantitative estimate of drug-likeness (QED) is 0.640. The molecule has 0 amide bonds. The monoisotopic (exact) mass is 167 g/mol. The highest BCUT2D eigenvalue weighted by Gasteiger charge is 2.20. The van der Waals surface area contributed by atoms with Crippen molar-refractivity contribution in [1.29, 1.82) is 0 Å². The molecule has 2 heteroatoms. The maximum atomic E-state index is 5.96. The highest BCUT2D eigenvalue weighted by Crippen LogP contribution is 2.18. The van der Waals surface area contributed by atoms with E-state index in [0.29, 0.717) is 5.92 Å². The zero-order valence-electron chi connectivity index (χ0n) is 7.46. The standard InChI is InChI=1S/C10H17NO/c1-2-3-6-10(11)9-5-4-7-12-8-9/h1,9-10H,3-8,11H2. The van der Waals surface area contributed by atoms with Gasteiger partial charge < -0.3 is 10.5 Å². The predicted octanol–water partition coefficient (Wildman–Crippen LogP) is 1.15. The largest absolute Gasteiger partial charge is 0.381 e. The summed E-state index contributed by atoms with van der Waals surface area (Å²) in [5, 5.41) is 0. The van der Waals surface area contributed by atoms with Gasteiger partial charge in [-0.15, -0.1) is 12.3 Å². The zero-order valence-corrected chi connectivity index (χ0v) is 7.46. The van der Waals surface area contributed by atoms with Crippen molar-refractivity contribution in [2.45, 2.75) is 31.7 Å². The van der Waals surface area contributed by atoms with E-state index in [2.05, 4.69) is 5.92 Å². The molecule has 2 atom stereocenters. The van der Waals surface area contributed by atoms with Crippen LogP contribution in [0.1, 0.15) is 25.7 Å². The van der Waals surface area contributed by atoms with E-state index in [0.717, 1.165) is 32.5 Å². The fraction of sp³-hybridized carbons (Fsp3) is 0.800. The second-order valence-electron chi connectivity index (χ2n) is 3.38. The molecule has 12 heavy (non-hydrogen) atoms. The van der Waals surface area contributed by atoms with Crippen LogP contribution in [-0.4, -0.2) is 19.3 Å². The number of rotatable bonds is 3. The third-order valence-corrected chi connectivity index (χ3v) is 2.42. The fourth-order valence-corrected chi connectivity index (χ4v) is 1.59. The first-order chi connectivity index (χ1) is 5.84. The molecule has 0 bridgehead atoms. The van der Waals surface area contributed by atoms with Gasteiger partial charge in [-0.2, -0.15) is 0 Å². The van der Waals surface area contributed by atoms with Gasteiger partial charge in [0.15, 0.2) is 0 Å². The molecular weight excluding hydrogens is 150 g/mol. The number of terminal acetylenes is 1. The first kappa shape index (κ1) is 9.57. The van der Waals surface area contributed by atoms with Crippen LogP contribution in [-0.2, 0) is 4.74 Å². The minimum atomic E-state index is 0.237. The van der Waals surface area contributed by atoms with E-state index >= 15 is 0 Å². The molecule has 0 aromatic rings. The first-order valence-electron chi connectivity index (χ1n) is 4.61. The van der Waals surface area contributed by atoms with Gasteiger partial charge >= 0.3 is 0 Å². The van der Waals surface area contributed by atoms with E-state index in [4.69, 9.17) is 16.9 Å². The van der Waals surface area contributed by atoms with Crippen LogP contribution in [0, 0.1) is 18.3 Å². The van der Waals surface area contributed by atoms with Gasteiger partial charge in [-0.1, -0.05) is 0 Å². The molecule has 1 aliphatic heterocycles. The molecule has 1 saturated heterocycles. The van der Waals surface area contributed by atoms with Crippen LogP contribution in [0.3, 0.4) is 0 Å². The van der Waals surface area contributed by atoms with Crippen LogP contribution < -0.4 is 5.73 Å². The van der Waals surface area contributed by atoms with Crippen molar-refractivity contribution in [2.24, 2.45) is 11.7 Å². The third-order valence-electron chi connectivity index (χ3n) is 2.42. The molecule has 1 rings (SSSR count). The summed E-state index contributed by atoms with van der Waals surface area (Å²) in [6.45, 7) is 1.73. The Labute approximate surface area is 74.5 Å². The second kappa shape index (κ2) is 5.18.